The Morgan fingerprint density at radius 1 is 1.17 bits per heavy atom. The van der Waals surface area contributed by atoms with Gasteiger partial charge in [0, 0.05) is 15.3 Å². The highest BCUT2D eigenvalue weighted by atomic mass is 32.1. The summed E-state index contributed by atoms with van der Waals surface area (Å²) in [4.78, 5) is 6.58. The number of ether oxygens (including phenoxy) is 1. The molecule has 1 aromatic carbocycles. The Hall–Kier alpha value is -1.59. The number of hydrogen-bond donors (Lipinski definition) is 1. The van der Waals surface area contributed by atoms with Gasteiger partial charge in [-0.05, 0) is 31.2 Å². The van der Waals surface area contributed by atoms with Crippen LogP contribution in [0.25, 0.3) is 20.7 Å². The van der Waals surface area contributed by atoms with E-state index >= 15 is 0 Å². The van der Waals surface area contributed by atoms with Crippen LogP contribution in [0, 0.1) is 6.92 Å². The lowest BCUT2D eigenvalue weighted by molar-refractivity contribution is 0.418. The Kier molecular flexibility index (Phi) is 2.72. The number of rotatable bonds is 2. The maximum absolute atomic E-state index is 9.61. The average molecular weight is 277 g/mol. The Labute approximate surface area is 112 Å². The zero-order chi connectivity index (χ0) is 12.7. The van der Waals surface area contributed by atoms with Crippen LogP contribution in [0.5, 0.6) is 10.9 Å². The molecule has 0 fully saturated rings. The first-order chi connectivity index (χ1) is 8.69. The minimum Gasteiger partial charge on any atom is -0.494 e. The van der Waals surface area contributed by atoms with E-state index < -0.39 is 0 Å². The Morgan fingerprint density at radius 3 is 2.67 bits per heavy atom. The van der Waals surface area contributed by atoms with Crippen molar-refractivity contribution in [3.05, 3.63) is 29.1 Å². The van der Waals surface area contributed by atoms with Crippen molar-refractivity contribution in [1.82, 2.24) is 4.98 Å². The van der Waals surface area contributed by atoms with Gasteiger partial charge in [0.2, 0.25) is 0 Å². The summed E-state index contributed by atoms with van der Waals surface area (Å²) in [6, 6.07) is 8.10. The van der Waals surface area contributed by atoms with Gasteiger partial charge in [-0.3, -0.25) is 0 Å². The number of aryl methyl sites for hydroxylation is 1. The zero-order valence-corrected chi connectivity index (χ0v) is 11.6. The van der Waals surface area contributed by atoms with Gasteiger partial charge in [-0.1, -0.05) is 11.3 Å². The Balaban J connectivity index is 2.30. The van der Waals surface area contributed by atoms with Crippen molar-refractivity contribution in [2.75, 3.05) is 7.11 Å². The highest BCUT2D eigenvalue weighted by Crippen LogP contribution is 2.41. The van der Waals surface area contributed by atoms with Crippen LogP contribution in [-0.4, -0.2) is 17.2 Å². The molecule has 5 heteroatoms. The largest absolute Gasteiger partial charge is 0.494 e. The van der Waals surface area contributed by atoms with Crippen LogP contribution >= 0.6 is 22.7 Å². The number of thiazole rings is 1. The standard InChI is InChI=1S/C13H11NO2S2/c1-7-3-6-10(17-7)8-4-5-9(16-2)11-12(8)18-13(15)14-11/h3-6H,1-2H3,(H,14,15). The first-order valence-electron chi connectivity index (χ1n) is 5.42. The van der Waals surface area contributed by atoms with E-state index in [-0.39, 0.29) is 5.19 Å². The van der Waals surface area contributed by atoms with E-state index in [0.29, 0.717) is 5.75 Å². The second-order valence-electron chi connectivity index (χ2n) is 3.90. The lowest BCUT2D eigenvalue weighted by atomic mass is 10.1. The molecule has 2 aromatic heterocycles. The second-order valence-corrected chi connectivity index (χ2v) is 6.17. The molecule has 0 aliphatic carbocycles. The van der Waals surface area contributed by atoms with Gasteiger partial charge < -0.3 is 9.84 Å². The van der Waals surface area contributed by atoms with Crippen molar-refractivity contribution in [3.63, 3.8) is 0 Å². The summed E-state index contributed by atoms with van der Waals surface area (Å²) in [6.07, 6.45) is 0. The molecule has 0 aliphatic heterocycles. The smallest absolute Gasteiger partial charge is 0.271 e. The van der Waals surface area contributed by atoms with Crippen LogP contribution in [-0.2, 0) is 0 Å². The summed E-state index contributed by atoms with van der Waals surface area (Å²) in [7, 11) is 1.61. The number of fused-ring (bicyclic) bond motifs is 1. The highest BCUT2D eigenvalue weighted by Gasteiger charge is 2.14. The molecule has 92 valence electrons. The fraction of sp³-hybridized carbons (Fsp3) is 0.154. The van der Waals surface area contributed by atoms with Crippen LogP contribution in [0.3, 0.4) is 0 Å². The second kappa shape index (κ2) is 4.26. The molecule has 0 radical (unpaired) electrons. The fourth-order valence-corrected chi connectivity index (χ4v) is 3.72. The molecule has 3 aromatic rings. The predicted molar refractivity (Wildman–Crippen MR) is 75.9 cm³/mol. The number of hydrogen-bond acceptors (Lipinski definition) is 5. The van der Waals surface area contributed by atoms with Crippen molar-refractivity contribution < 1.29 is 9.84 Å². The summed E-state index contributed by atoms with van der Waals surface area (Å²) in [5.74, 6) is 0.693. The molecule has 3 nitrogen and oxygen atoms in total. The van der Waals surface area contributed by atoms with E-state index in [1.54, 1.807) is 18.4 Å². The number of benzene rings is 1. The van der Waals surface area contributed by atoms with Gasteiger partial charge in [-0.25, -0.2) is 0 Å². The molecule has 0 saturated carbocycles. The SMILES string of the molecule is COc1ccc(-c2ccc(C)s2)c2sc(O)nc12. The van der Waals surface area contributed by atoms with Crippen molar-refractivity contribution >= 4 is 32.9 Å². The zero-order valence-electron chi connectivity index (χ0n) is 9.93. The highest BCUT2D eigenvalue weighted by molar-refractivity contribution is 7.21. The quantitative estimate of drug-likeness (QED) is 0.768. The number of methoxy groups -OCH3 is 1. The number of aromatic nitrogens is 1. The van der Waals surface area contributed by atoms with Gasteiger partial charge in [0.1, 0.15) is 11.3 Å². The Morgan fingerprint density at radius 2 is 2.00 bits per heavy atom. The predicted octanol–water partition coefficient (Wildman–Crippen LogP) is 4.05. The van der Waals surface area contributed by atoms with E-state index in [4.69, 9.17) is 4.74 Å². The summed E-state index contributed by atoms with van der Waals surface area (Å²) < 4.78 is 6.24. The lowest BCUT2D eigenvalue weighted by Gasteiger charge is -2.03. The molecule has 2 heterocycles. The molecule has 1 N–H and O–H groups in total. The number of nitrogens with zero attached hydrogens (tertiary/aromatic N) is 1. The minimum atomic E-state index is 0.0732. The maximum atomic E-state index is 9.61. The topological polar surface area (TPSA) is 42.4 Å². The molecule has 0 bridgehead atoms. The average Bonchev–Trinajstić information content (AvgIpc) is 2.93. The van der Waals surface area contributed by atoms with E-state index in [2.05, 4.69) is 24.0 Å². The summed E-state index contributed by atoms with van der Waals surface area (Å²) in [5.41, 5.74) is 1.82. The van der Waals surface area contributed by atoms with E-state index in [1.807, 2.05) is 12.1 Å². The molecular weight excluding hydrogens is 266 g/mol. The fourth-order valence-electron chi connectivity index (χ4n) is 1.91. The molecule has 0 spiro atoms. The molecule has 0 aliphatic rings. The van der Waals surface area contributed by atoms with Gasteiger partial charge in [0.25, 0.3) is 5.19 Å². The third-order valence-electron chi connectivity index (χ3n) is 2.72. The van der Waals surface area contributed by atoms with Crippen molar-refractivity contribution in [3.8, 4) is 21.4 Å². The van der Waals surface area contributed by atoms with Gasteiger partial charge in [0.15, 0.2) is 0 Å². The van der Waals surface area contributed by atoms with Crippen molar-refractivity contribution in [1.29, 1.82) is 0 Å². The monoisotopic (exact) mass is 277 g/mol. The van der Waals surface area contributed by atoms with Crippen LogP contribution in [0.4, 0.5) is 0 Å². The van der Waals surface area contributed by atoms with Crippen LogP contribution in [0.15, 0.2) is 24.3 Å². The molecule has 18 heavy (non-hydrogen) atoms. The van der Waals surface area contributed by atoms with Gasteiger partial charge in [-0.2, -0.15) is 4.98 Å². The molecule has 0 saturated heterocycles. The molecule has 0 amide bonds. The number of aromatic hydroxyl groups is 1. The lowest BCUT2D eigenvalue weighted by Crippen LogP contribution is -1.85. The van der Waals surface area contributed by atoms with Gasteiger partial charge >= 0.3 is 0 Å². The van der Waals surface area contributed by atoms with E-state index in [0.717, 1.165) is 15.8 Å². The third-order valence-corrected chi connectivity index (χ3v) is 4.65. The Bertz CT molecular complexity index is 715. The van der Waals surface area contributed by atoms with Crippen molar-refractivity contribution in [2.45, 2.75) is 6.92 Å². The van der Waals surface area contributed by atoms with E-state index in [1.165, 1.54) is 21.1 Å². The van der Waals surface area contributed by atoms with Crippen LogP contribution < -0.4 is 4.74 Å². The van der Waals surface area contributed by atoms with E-state index in [9.17, 15) is 5.11 Å². The van der Waals surface area contributed by atoms with Gasteiger partial charge in [-0.15, -0.1) is 11.3 Å². The summed E-state index contributed by atoms with van der Waals surface area (Å²) in [6.45, 7) is 2.08. The van der Waals surface area contributed by atoms with Crippen LogP contribution in [0.1, 0.15) is 4.88 Å². The number of thiophene rings is 1. The van der Waals surface area contributed by atoms with Crippen molar-refractivity contribution in [2.24, 2.45) is 0 Å². The first-order valence-corrected chi connectivity index (χ1v) is 7.05. The molecule has 3 rings (SSSR count). The summed E-state index contributed by atoms with van der Waals surface area (Å²) in [5, 5.41) is 9.68. The minimum absolute atomic E-state index is 0.0732. The maximum Gasteiger partial charge on any atom is 0.271 e. The molecule has 0 unspecified atom stereocenters. The first kappa shape index (κ1) is 11.5. The van der Waals surface area contributed by atoms with Crippen LogP contribution in [0.2, 0.25) is 0 Å². The summed E-state index contributed by atoms with van der Waals surface area (Å²) >= 11 is 3.02. The molecule has 0 atom stereocenters. The van der Waals surface area contributed by atoms with Gasteiger partial charge in [0.05, 0.1) is 11.8 Å². The molecular formula is C13H11NO2S2. The third kappa shape index (κ3) is 1.76. The normalized spacial score (nSPS) is 11.0.